The molecule has 0 saturated carbocycles. The summed E-state index contributed by atoms with van der Waals surface area (Å²) in [4.78, 5) is 16.6. The van der Waals surface area contributed by atoms with Crippen LogP contribution in [-0.4, -0.2) is 27.2 Å². The van der Waals surface area contributed by atoms with Gasteiger partial charge in [-0.25, -0.2) is 0 Å². The molecular formula is C18H17BrN4O2. The molecular weight excluding hydrogens is 384 g/mol. The predicted octanol–water partition coefficient (Wildman–Crippen LogP) is 3.95. The maximum Gasteiger partial charge on any atom is 0.267 e. The number of aromatic nitrogens is 3. The lowest BCUT2D eigenvalue weighted by Gasteiger charge is -2.13. The Labute approximate surface area is 153 Å². The molecule has 0 unspecified atom stereocenters. The van der Waals surface area contributed by atoms with Gasteiger partial charge in [0.1, 0.15) is 5.75 Å². The van der Waals surface area contributed by atoms with E-state index in [9.17, 15) is 4.79 Å². The Balaban J connectivity index is 1.66. The average Bonchev–Trinajstić information content (AvgIpc) is 3.03. The standard InChI is InChI=1S/C18H17BrN4O2/c1-11-6-5-7-13(10-11)25-12(2)17(24)21-18-20-16(22-23-18)14-8-3-4-9-15(14)19/h3-10,12H,1-2H3,(H2,20,21,22,23,24)/t12-/m1/s1. The van der Waals surface area contributed by atoms with Crippen LogP contribution in [0.4, 0.5) is 5.95 Å². The molecule has 0 fully saturated rings. The van der Waals surface area contributed by atoms with Gasteiger partial charge >= 0.3 is 0 Å². The molecule has 1 amide bonds. The van der Waals surface area contributed by atoms with Crippen molar-refractivity contribution < 1.29 is 9.53 Å². The number of aryl methyl sites for hydroxylation is 1. The fourth-order valence-corrected chi connectivity index (χ4v) is 2.72. The number of carbonyl (C=O) groups is 1. The minimum absolute atomic E-state index is 0.204. The Kier molecular flexibility index (Phi) is 5.14. The fourth-order valence-electron chi connectivity index (χ4n) is 2.25. The van der Waals surface area contributed by atoms with Crippen LogP contribution in [0.15, 0.2) is 53.0 Å². The summed E-state index contributed by atoms with van der Waals surface area (Å²) in [6.07, 6.45) is -0.674. The summed E-state index contributed by atoms with van der Waals surface area (Å²) in [7, 11) is 0. The summed E-state index contributed by atoms with van der Waals surface area (Å²) in [6.45, 7) is 3.65. The molecule has 1 aromatic heterocycles. The number of nitrogens with one attached hydrogen (secondary N) is 2. The topological polar surface area (TPSA) is 79.9 Å². The first kappa shape index (κ1) is 17.2. The molecule has 6 nitrogen and oxygen atoms in total. The molecule has 0 bridgehead atoms. The van der Waals surface area contributed by atoms with Gasteiger partial charge in [-0.1, -0.05) is 46.3 Å². The molecule has 3 aromatic rings. The summed E-state index contributed by atoms with van der Waals surface area (Å²) in [6, 6.07) is 15.2. The van der Waals surface area contributed by atoms with Crippen molar-refractivity contribution in [1.29, 1.82) is 0 Å². The number of hydrogen-bond acceptors (Lipinski definition) is 4. The lowest BCUT2D eigenvalue weighted by atomic mass is 10.2. The highest BCUT2D eigenvalue weighted by Crippen LogP contribution is 2.25. The molecule has 1 heterocycles. The van der Waals surface area contributed by atoms with Gasteiger partial charge in [-0.3, -0.25) is 15.2 Å². The Hall–Kier alpha value is -2.67. The molecule has 3 rings (SSSR count). The summed E-state index contributed by atoms with van der Waals surface area (Å²) >= 11 is 3.46. The number of anilines is 1. The first-order valence-electron chi connectivity index (χ1n) is 7.74. The van der Waals surface area contributed by atoms with Gasteiger partial charge in [0.15, 0.2) is 11.9 Å². The highest BCUT2D eigenvalue weighted by atomic mass is 79.9. The molecule has 0 saturated heterocycles. The third-order valence-corrected chi connectivity index (χ3v) is 4.21. The maximum absolute atomic E-state index is 12.3. The molecule has 0 radical (unpaired) electrons. The number of hydrogen-bond donors (Lipinski definition) is 2. The van der Waals surface area contributed by atoms with E-state index in [1.54, 1.807) is 6.92 Å². The summed E-state index contributed by atoms with van der Waals surface area (Å²) in [5.74, 6) is 1.09. The number of benzene rings is 2. The molecule has 25 heavy (non-hydrogen) atoms. The van der Waals surface area contributed by atoms with E-state index >= 15 is 0 Å². The van der Waals surface area contributed by atoms with Crippen molar-refractivity contribution in [3.63, 3.8) is 0 Å². The van der Waals surface area contributed by atoms with E-state index in [-0.39, 0.29) is 11.9 Å². The summed E-state index contributed by atoms with van der Waals surface area (Å²) in [5, 5.41) is 9.50. The molecule has 0 spiro atoms. The predicted molar refractivity (Wildman–Crippen MR) is 99.4 cm³/mol. The molecule has 0 aliphatic heterocycles. The second-order valence-corrected chi connectivity index (χ2v) is 6.41. The van der Waals surface area contributed by atoms with Crippen LogP contribution in [-0.2, 0) is 4.79 Å². The highest BCUT2D eigenvalue weighted by Gasteiger charge is 2.17. The summed E-state index contributed by atoms with van der Waals surface area (Å²) < 4.78 is 6.54. The third-order valence-electron chi connectivity index (χ3n) is 3.52. The number of rotatable bonds is 5. The number of carbonyl (C=O) groups excluding carboxylic acids is 1. The second kappa shape index (κ2) is 7.48. The fraction of sp³-hybridized carbons (Fsp3) is 0.167. The minimum Gasteiger partial charge on any atom is -0.481 e. The first-order chi connectivity index (χ1) is 12.0. The smallest absolute Gasteiger partial charge is 0.267 e. The van der Waals surface area contributed by atoms with Gasteiger partial charge in [-0.15, -0.1) is 5.10 Å². The van der Waals surface area contributed by atoms with Crippen LogP contribution in [0.2, 0.25) is 0 Å². The van der Waals surface area contributed by atoms with E-state index in [0.717, 1.165) is 15.6 Å². The van der Waals surface area contributed by atoms with Gasteiger partial charge in [0.05, 0.1) is 0 Å². The number of amides is 1. The third kappa shape index (κ3) is 4.24. The normalized spacial score (nSPS) is 11.8. The molecule has 0 aliphatic rings. The van der Waals surface area contributed by atoms with Gasteiger partial charge < -0.3 is 4.74 Å². The molecule has 0 aliphatic carbocycles. The second-order valence-electron chi connectivity index (χ2n) is 5.55. The van der Waals surface area contributed by atoms with Crippen LogP contribution in [0.3, 0.4) is 0 Å². The van der Waals surface area contributed by atoms with Crippen LogP contribution < -0.4 is 10.1 Å². The zero-order valence-corrected chi connectivity index (χ0v) is 15.4. The zero-order valence-electron chi connectivity index (χ0n) is 13.8. The molecule has 7 heteroatoms. The van der Waals surface area contributed by atoms with Gasteiger partial charge in [0.2, 0.25) is 5.95 Å². The van der Waals surface area contributed by atoms with E-state index in [4.69, 9.17) is 4.74 Å². The summed E-state index contributed by atoms with van der Waals surface area (Å²) in [5.41, 5.74) is 1.93. The van der Waals surface area contributed by atoms with E-state index in [0.29, 0.717) is 11.6 Å². The SMILES string of the molecule is Cc1cccc(O[C@H](C)C(=O)Nc2n[nH]c(-c3ccccc3Br)n2)c1. The number of H-pyrrole nitrogens is 1. The maximum atomic E-state index is 12.3. The Morgan fingerprint density at radius 1 is 1.24 bits per heavy atom. The number of ether oxygens (including phenoxy) is 1. The van der Waals surface area contributed by atoms with Crippen LogP contribution >= 0.6 is 15.9 Å². The molecule has 2 N–H and O–H groups in total. The van der Waals surface area contributed by atoms with Crippen molar-refractivity contribution in [3.8, 4) is 17.1 Å². The van der Waals surface area contributed by atoms with Crippen LogP contribution in [0.25, 0.3) is 11.4 Å². The Morgan fingerprint density at radius 3 is 2.80 bits per heavy atom. The van der Waals surface area contributed by atoms with Crippen LogP contribution in [0.1, 0.15) is 12.5 Å². The van der Waals surface area contributed by atoms with Crippen molar-refractivity contribution in [2.24, 2.45) is 0 Å². The van der Waals surface area contributed by atoms with Crippen LogP contribution in [0.5, 0.6) is 5.75 Å². The minimum atomic E-state index is -0.674. The van der Waals surface area contributed by atoms with Gasteiger partial charge in [0, 0.05) is 10.0 Å². The van der Waals surface area contributed by atoms with Crippen molar-refractivity contribution >= 4 is 27.8 Å². The van der Waals surface area contributed by atoms with Crippen molar-refractivity contribution in [2.75, 3.05) is 5.32 Å². The molecule has 128 valence electrons. The zero-order chi connectivity index (χ0) is 17.8. The van der Waals surface area contributed by atoms with Crippen molar-refractivity contribution in [1.82, 2.24) is 15.2 Å². The first-order valence-corrected chi connectivity index (χ1v) is 8.54. The van der Waals surface area contributed by atoms with E-state index < -0.39 is 6.10 Å². The Bertz CT molecular complexity index is 894. The van der Waals surface area contributed by atoms with E-state index in [1.807, 2.05) is 55.5 Å². The van der Waals surface area contributed by atoms with E-state index in [1.165, 1.54) is 0 Å². The lowest BCUT2D eigenvalue weighted by Crippen LogP contribution is -2.30. The van der Waals surface area contributed by atoms with E-state index in [2.05, 4.69) is 36.4 Å². The molecule has 2 aromatic carbocycles. The van der Waals surface area contributed by atoms with Gasteiger partial charge in [0.25, 0.3) is 5.91 Å². The number of aromatic amines is 1. The monoisotopic (exact) mass is 400 g/mol. The van der Waals surface area contributed by atoms with Crippen LogP contribution in [0, 0.1) is 6.92 Å². The van der Waals surface area contributed by atoms with Gasteiger partial charge in [-0.05, 0) is 37.6 Å². The Morgan fingerprint density at radius 2 is 2.04 bits per heavy atom. The van der Waals surface area contributed by atoms with Crippen molar-refractivity contribution in [3.05, 3.63) is 58.6 Å². The quantitative estimate of drug-likeness (QED) is 0.679. The van der Waals surface area contributed by atoms with Crippen molar-refractivity contribution in [2.45, 2.75) is 20.0 Å². The van der Waals surface area contributed by atoms with Gasteiger partial charge in [-0.2, -0.15) is 4.98 Å². The largest absolute Gasteiger partial charge is 0.481 e. The molecule has 1 atom stereocenters. The number of halogens is 1. The highest BCUT2D eigenvalue weighted by molar-refractivity contribution is 9.10. The average molecular weight is 401 g/mol. The number of nitrogens with zero attached hydrogens (tertiary/aromatic N) is 2. The lowest BCUT2D eigenvalue weighted by molar-refractivity contribution is -0.122.